The highest BCUT2D eigenvalue weighted by atomic mass is 35.5. The van der Waals surface area contributed by atoms with Crippen molar-refractivity contribution in [3.63, 3.8) is 0 Å². The first-order valence-electron chi connectivity index (χ1n) is 9.31. The van der Waals surface area contributed by atoms with Gasteiger partial charge in [0, 0.05) is 17.0 Å². The predicted octanol–water partition coefficient (Wildman–Crippen LogP) is 5.14. The summed E-state index contributed by atoms with van der Waals surface area (Å²) in [5.41, 5.74) is 4.71. The summed E-state index contributed by atoms with van der Waals surface area (Å²) in [6.07, 6.45) is 3.31. The highest BCUT2D eigenvalue weighted by Crippen LogP contribution is 2.29. The monoisotopic (exact) mass is 378 g/mol. The molecule has 2 heterocycles. The van der Waals surface area contributed by atoms with E-state index in [2.05, 4.69) is 57.9 Å². The lowest BCUT2D eigenvalue weighted by Crippen LogP contribution is -2.20. The van der Waals surface area contributed by atoms with Gasteiger partial charge in [0.25, 0.3) is 0 Å². The summed E-state index contributed by atoms with van der Waals surface area (Å²) in [7, 11) is 0. The molecular weight excluding hydrogens is 356 g/mol. The van der Waals surface area contributed by atoms with Crippen LogP contribution in [-0.4, -0.2) is 23.1 Å². The second kappa shape index (κ2) is 7.67. The first-order valence-corrected chi connectivity index (χ1v) is 9.68. The van der Waals surface area contributed by atoms with Gasteiger partial charge in [0.05, 0.1) is 11.6 Å². The van der Waals surface area contributed by atoms with E-state index in [4.69, 9.17) is 11.6 Å². The van der Waals surface area contributed by atoms with E-state index in [-0.39, 0.29) is 6.04 Å². The van der Waals surface area contributed by atoms with Crippen LogP contribution in [0.5, 0.6) is 0 Å². The summed E-state index contributed by atoms with van der Waals surface area (Å²) >= 11 is 6.15. The van der Waals surface area contributed by atoms with Crippen molar-refractivity contribution in [2.45, 2.75) is 26.3 Å². The molecule has 0 radical (unpaired) electrons. The van der Waals surface area contributed by atoms with E-state index in [1.165, 1.54) is 11.1 Å². The van der Waals surface area contributed by atoms with Crippen molar-refractivity contribution in [3.8, 4) is 0 Å². The van der Waals surface area contributed by atoms with Gasteiger partial charge in [-0.1, -0.05) is 35.9 Å². The molecule has 1 atom stereocenters. The van der Waals surface area contributed by atoms with Crippen LogP contribution in [0.15, 0.2) is 48.5 Å². The van der Waals surface area contributed by atoms with E-state index in [9.17, 15) is 0 Å². The number of aryl methyl sites for hydroxylation is 1. The fourth-order valence-corrected chi connectivity index (χ4v) is 3.70. The molecule has 0 unspecified atom stereocenters. The fraction of sp³-hybridized carbons (Fsp3) is 0.273. The third-order valence-electron chi connectivity index (χ3n) is 4.94. The lowest BCUT2D eigenvalue weighted by Gasteiger charge is -2.18. The Hall–Kier alpha value is -2.43. The normalized spacial score (nSPS) is 15.4. The van der Waals surface area contributed by atoms with Crippen LogP contribution in [0.1, 0.15) is 36.3 Å². The number of halogens is 1. The van der Waals surface area contributed by atoms with Crippen LogP contribution in [-0.2, 0) is 0 Å². The van der Waals surface area contributed by atoms with Crippen molar-refractivity contribution in [2.75, 3.05) is 18.4 Å². The summed E-state index contributed by atoms with van der Waals surface area (Å²) in [6, 6.07) is 14.5. The van der Waals surface area contributed by atoms with Crippen molar-refractivity contribution < 1.29 is 0 Å². The predicted molar refractivity (Wildman–Crippen MR) is 113 cm³/mol. The zero-order valence-electron chi connectivity index (χ0n) is 15.6. The van der Waals surface area contributed by atoms with E-state index >= 15 is 0 Å². The van der Waals surface area contributed by atoms with Gasteiger partial charge < -0.3 is 10.6 Å². The van der Waals surface area contributed by atoms with Gasteiger partial charge in [0.1, 0.15) is 11.6 Å². The molecule has 5 heteroatoms. The fourth-order valence-electron chi connectivity index (χ4n) is 3.50. The Kier molecular flexibility index (Phi) is 5.10. The van der Waals surface area contributed by atoms with Gasteiger partial charge in [-0.3, -0.25) is 0 Å². The van der Waals surface area contributed by atoms with Crippen LogP contribution < -0.4 is 10.6 Å². The van der Waals surface area contributed by atoms with Gasteiger partial charge >= 0.3 is 0 Å². The average Bonchev–Trinajstić information content (AvgIpc) is 2.68. The van der Waals surface area contributed by atoms with Gasteiger partial charge in [0.2, 0.25) is 0 Å². The Morgan fingerprint density at radius 3 is 2.81 bits per heavy atom. The van der Waals surface area contributed by atoms with E-state index in [0.717, 1.165) is 52.6 Å². The first kappa shape index (κ1) is 18.0. The van der Waals surface area contributed by atoms with Crippen molar-refractivity contribution in [3.05, 3.63) is 70.5 Å². The molecule has 0 fully saturated rings. The van der Waals surface area contributed by atoms with Gasteiger partial charge in [0.15, 0.2) is 0 Å². The summed E-state index contributed by atoms with van der Waals surface area (Å²) in [5.74, 6) is 1.62. The second-order valence-corrected chi connectivity index (χ2v) is 7.39. The van der Waals surface area contributed by atoms with Crippen molar-refractivity contribution in [2.24, 2.45) is 0 Å². The zero-order valence-corrected chi connectivity index (χ0v) is 16.3. The minimum Gasteiger partial charge on any atom is -0.363 e. The molecule has 2 N–H and O–H groups in total. The van der Waals surface area contributed by atoms with Crippen molar-refractivity contribution in [1.82, 2.24) is 15.3 Å². The molecule has 2 aromatic carbocycles. The number of aromatic nitrogens is 2. The molecule has 1 aliphatic heterocycles. The third-order valence-corrected chi connectivity index (χ3v) is 5.18. The topological polar surface area (TPSA) is 49.8 Å². The Labute approximate surface area is 164 Å². The number of nitrogens with one attached hydrogen (secondary N) is 2. The molecule has 138 valence electrons. The SMILES string of the molecule is Cc1nc(N[C@H](C)c2cccc(Cl)c2)c2cc(C3=CCNCC3)ccc2n1. The van der Waals surface area contributed by atoms with Gasteiger partial charge in [-0.05, 0) is 67.8 Å². The molecule has 0 aliphatic carbocycles. The van der Waals surface area contributed by atoms with Crippen LogP contribution in [0.4, 0.5) is 5.82 Å². The molecule has 0 saturated carbocycles. The van der Waals surface area contributed by atoms with Gasteiger partial charge in [-0.25, -0.2) is 9.97 Å². The maximum absolute atomic E-state index is 6.15. The average molecular weight is 379 g/mol. The number of fused-ring (bicyclic) bond motifs is 1. The molecule has 3 aromatic rings. The lowest BCUT2D eigenvalue weighted by atomic mass is 9.98. The molecule has 0 spiro atoms. The molecule has 0 bridgehead atoms. The lowest BCUT2D eigenvalue weighted by molar-refractivity contribution is 0.738. The second-order valence-electron chi connectivity index (χ2n) is 6.96. The van der Waals surface area contributed by atoms with E-state index in [1.54, 1.807) is 0 Å². The number of anilines is 1. The number of rotatable bonds is 4. The summed E-state index contributed by atoms with van der Waals surface area (Å²) in [5, 5.41) is 8.71. The minimum atomic E-state index is 0.0861. The molecule has 0 amide bonds. The van der Waals surface area contributed by atoms with Crippen LogP contribution in [0.25, 0.3) is 16.5 Å². The highest BCUT2D eigenvalue weighted by molar-refractivity contribution is 6.30. The minimum absolute atomic E-state index is 0.0861. The largest absolute Gasteiger partial charge is 0.363 e. The van der Waals surface area contributed by atoms with Gasteiger partial charge in [-0.15, -0.1) is 0 Å². The highest BCUT2D eigenvalue weighted by Gasteiger charge is 2.13. The number of hydrogen-bond acceptors (Lipinski definition) is 4. The Morgan fingerprint density at radius 2 is 2.04 bits per heavy atom. The first-order chi connectivity index (χ1) is 13.1. The van der Waals surface area contributed by atoms with Crippen molar-refractivity contribution in [1.29, 1.82) is 0 Å². The quantitative estimate of drug-likeness (QED) is 0.659. The standard InChI is InChI=1S/C22H23ClN4/c1-14(17-4-3-5-19(23)12-17)25-22-20-13-18(16-8-10-24-11-9-16)6-7-21(20)26-15(2)27-22/h3-8,12-14,24H,9-11H2,1-2H3,(H,25,26,27)/t14-/m1/s1. The number of hydrogen-bond donors (Lipinski definition) is 2. The Bertz CT molecular complexity index is 1010. The molecule has 1 aliphatic rings. The van der Waals surface area contributed by atoms with Crippen LogP contribution in [0.2, 0.25) is 5.02 Å². The van der Waals surface area contributed by atoms with Crippen LogP contribution >= 0.6 is 11.6 Å². The molecule has 1 aromatic heterocycles. The smallest absolute Gasteiger partial charge is 0.138 e. The Morgan fingerprint density at radius 1 is 1.15 bits per heavy atom. The van der Waals surface area contributed by atoms with E-state index in [0.29, 0.717) is 0 Å². The summed E-state index contributed by atoms with van der Waals surface area (Å²) in [6.45, 7) is 5.99. The van der Waals surface area contributed by atoms with E-state index in [1.807, 2.05) is 25.1 Å². The van der Waals surface area contributed by atoms with Crippen LogP contribution in [0.3, 0.4) is 0 Å². The maximum Gasteiger partial charge on any atom is 0.138 e. The molecular formula is C22H23ClN4. The number of benzene rings is 2. The molecule has 0 saturated heterocycles. The molecule has 4 nitrogen and oxygen atoms in total. The Balaban J connectivity index is 1.73. The third kappa shape index (κ3) is 3.97. The zero-order chi connectivity index (χ0) is 18.8. The number of nitrogens with zero attached hydrogens (tertiary/aromatic N) is 2. The van der Waals surface area contributed by atoms with E-state index < -0.39 is 0 Å². The van der Waals surface area contributed by atoms with Gasteiger partial charge in [-0.2, -0.15) is 0 Å². The summed E-state index contributed by atoms with van der Waals surface area (Å²) in [4.78, 5) is 9.30. The van der Waals surface area contributed by atoms with Crippen molar-refractivity contribution >= 4 is 33.9 Å². The molecule has 27 heavy (non-hydrogen) atoms. The van der Waals surface area contributed by atoms with Crippen LogP contribution in [0, 0.1) is 6.92 Å². The molecule has 4 rings (SSSR count). The maximum atomic E-state index is 6.15. The summed E-state index contributed by atoms with van der Waals surface area (Å²) < 4.78 is 0.